The van der Waals surface area contributed by atoms with Gasteiger partial charge in [0.2, 0.25) is 5.91 Å². The predicted octanol–water partition coefficient (Wildman–Crippen LogP) is 4.46. The number of ether oxygens (including phenoxy) is 2. The number of nitrogens with zero attached hydrogens (tertiary/aromatic N) is 2. The number of nitrogens with one attached hydrogen (secondary N) is 2. The van der Waals surface area contributed by atoms with Crippen molar-refractivity contribution in [3.63, 3.8) is 0 Å². The zero-order chi connectivity index (χ0) is 28.9. The van der Waals surface area contributed by atoms with Crippen LogP contribution in [0.15, 0.2) is 72.8 Å². The minimum absolute atomic E-state index is 0.0165. The molecule has 2 heterocycles. The van der Waals surface area contributed by atoms with E-state index in [1.54, 1.807) is 44.4 Å². The third kappa shape index (κ3) is 6.02. The van der Waals surface area contributed by atoms with Gasteiger partial charge < -0.3 is 25.0 Å². The molecule has 9 nitrogen and oxygen atoms in total. The van der Waals surface area contributed by atoms with Crippen LogP contribution in [0.2, 0.25) is 0 Å². The molecule has 0 saturated carbocycles. The second-order valence-electron chi connectivity index (χ2n) is 10.1. The summed E-state index contributed by atoms with van der Waals surface area (Å²) >= 11 is 0. The van der Waals surface area contributed by atoms with Crippen molar-refractivity contribution in [2.75, 3.05) is 43.6 Å². The number of methoxy groups -OCH3 is 1. The highest BCUT2D eigenvalue weighted by molar-refractivity contribution is 6.10. The van der Waals surface area contributed by atoms with Gasteiger partial charge in [-0.05, 0) is 47.9 Å². The van der Waals surface area contributed by atoms with Gasteiger partial charge in [-0.15, -0.1) is 0 Å². The van der Waals surface area contributed by atoms with E-state index in [0.29, 0.717) is 24.5 Å². The molecule has 214 valence electrons. The summed E-state index contributed by atoms with van der Waals surface area (Å²) in [5.74, 6) is -1.81. The Kier molecular flexibility index (Phi) is 8.49. The first-order valence-electron chi connectivity index (χ1n) is 13.6. The molecule has 3 aromatic rings. The van der Waals surface area contributed by atoms with Gasteiger partial charge in [-0.1, -0.05) is 49.4 Å². The molecule has 0 spiro atoms. The average molecular weight is 561 g/mol. The highest BCUT2D eigenvalue weighted by atomic mass is 19.1. The highest BCUT2D eigenvalue weighted by Crippen LogP contribution is 2.32. The molecule has 3 aromatic carbocycles. The number of benzene rings is 3. The van der Waals surface area contributed by atoms with E-state index in [1.165, 1.54) is 12.1 Å². The van der Waals surface area contributed by atoms with Crippen molar-refractivity contribution >= 4 is 29.2 Å². The molecule has 0 radical (unpaired) electrons. The summed E-state index contributed by atoms with van der Waals surface area (Å²) in [6.45, 7) is 4.29. The largest absolute Gasteiger partial charge is 0.491 e. The van der Waals surface area contributed by atoms with Gasteiger partial charge in [-0.3, -0.25) is 9.59 Å². The lowest BCUT2D eigenvalue weighted by Crippen LogP contribution is -2.50. The molecule has 5 rings (SSSR count). The fourth-order valence-electron chi connectivity index (χ4n) is 5.07. The molecule has 10 heteroatoms. The van der Waals surface area contributed by atoms with Gasteiger partial charge in [-0.2, -0.15) is 0 Å². The molecule has 3 atom stereocenters. The Morgan fingerprint density at radius 1 is 1.05 bits per heavy atom. The van der Waals surface area contributed by atoms with Crippen LogP contribution in [-0.2, 0) is 14.3 Å². The molecule has 2 saturated heterocycles. The van der Waals surface area contributed by atoms with Gasteiger partial charge in [-0.25, -0.2) is 14.1 Å². The number of carbonyl (C=O) groups excluding carboxylic acids is 3. The molecular formula is C31H33FN4O5. The topological polar surface area (TPSA) is 100 Å². The number of hydrogen-bond donors (Lipinski definition) is 2. The van der Waals surface area contributed by atoms with E-state index >= 15 is 4.39 Å². The van der Waals surface area contributed by atoms with E-state index in [1.807, 2.05) is 35.2 Å². The summed E-state index contributed by atoms with van der Waals surface area (Å²) in [5, 5.41) is 5.34. The van der Waals surface area contributed by atoms with E-state index < -0.39 is 41.7 Å². The molecule has 4 amide bonds. The summed E-state index contributed by atoms with van der Waals surface area (Å²) in [6.07, 6.45) is 1.05. The lowest BCUT2D eigenvalue weighted by molar-refractivity contribution is -0.134. The van der Waals surface area contributed by atoms with Gasteiger partial charge in [0, 0.05) is 31.8 Å². The standard InChI is InChI=1S/C31H33FN4O5/c1-20(21-7-4-3-5-8-21)28(29(37)33-26-14-11-23(19-25(26)32)35-15-6-16-35)36-30(38)27(34-31(36)39)22-9-12-24(13-10-22)41-18-17-40-2/h3-5,7-14,19-20,27-28H,6,15-18H2,1-2H3,(H,33,37)(H,34,39)/t20-,27?,28-/m0/s1. The zero-order valence-electron chi connectivity index (χ0n) is 23.0. The highest BCUT2D eigenvalue weighted by Gasteiger charge is 2.47. The maximum atomic E-state index is 15.0. The van der Waals surface area contributed by atoms with Crippen molar-refractivity contribution in [3.05, 3.63) is 89.7 Å². The molecule has 2 fully saturated rings. The SMILES string of the molecule is COCCOc1ccc(C2NC(=O)N([C@H](C(=O)Nc3ccc(N4CCC4)cc3F)[C@@H](C)c3ccccc3)C2=O)cc1. The Labute approximate surface area is 238 Å². The van der Waals surface area contributed by atoms with Crippen LogP contribution in [0.25, 0.3) is 0 Å². The third-order valence-electron chi connectivity index (χ3n) is 7.52. The average Bonchev–Trinajstić information content (AvgIpc) is 3.24. The van der Waals surface area contributed by atoms with Gasteiger partial charge >= 0.3 is 6.03 Å². The Morgan fingerprint density at radius 3 is 2.41 bits per heavy atom. The van der Waals surface area contributed by atoms with Crippen LogP contribution in [0.4, 0.5) is 20.6 Å². The number of urea groups is 1. The fourth-order valence-corrected chi connectivity index (χ4v) is 5.07. The first-order valence-corrected chi connectivity index (χ1v) is 13.6. The molecule has 0 aliphatic carbocycles. The molecule has 1 unspecified atom stereocenters. The number of amides is 4. The van der Waals surface area contributed by atoms with Gasteiger partial charge in [0.25, 0.3) is 5.91 Å². The number of hydrogen-bond acceptors (Lipinski definition) is 6. The van der Waals surface area contributed by atoms with E-state index in [2.05, 4.69) is 10.6 Å². The summed E-state index contributed by atoms with van der Waals surface area (Å²) in [6, 6.07) is 17.7. The number of rotatable bonds is 11. The molecule has 2 aliphatic rings. The van der Waals surface area contributed by atoms with Crippen LogP contribution in [0, 0.1) is 5.82 Å². The van der Waals surface area contributed by atoms with Crippen LogP contribution in [0.5, 0.6) is 5.75 Å². The fraction of sp³-hybridized carbons (Fsp3) is 0.323. The van der Waals surface area contributed by atoms with E-state index in [9.17, 15) is 14.4 Å². The summed E-state index contributed by atoms with van der Waals surface area (Å²) in [4.78, 5) is 43.7. The minimum atomic E-state index is -1.24. The summed E-state index contributed by atoms with van der Waals surface area (Å²) < 4.78 is 25.6. The Balaban J connectivity index is 1.39. The maximum absolute atomic E-state index is 15.0. The van der Waals surface area contributed by atoms with E-state index in [4.69, 9.17) is 9.47 Å². The summed E-state index contributed by atoms with van der Waals surface area (Å²) in [5.41, 5.74) is 2.03. The third-order valence-corrected chi connectivity index (χ3v) is 7.52. The smallest absolute Gasteiger partial charge is 0.325 e. The zero-order valence-corrected chi connectivity index (χ0v) is 23.0. The quantitative estimate of drug-likeness (QED) is 0.265. The van der Waals surface area contributed by atoms with Gasteiger partial charge in [0.1, 0.15) is 30.3 Å². The second-order valence-corrected chi connectivity index (χ2v) is 10.1. The van der Waals surface area contributed by atoms with Crippen LogP contribution < -0.4 is 20.3 Å². The monoisotopic (exact) mass is 560 g/mol. The molecular weight excluding hydrogens is 527 g/mol. The second kappa shape index (κ2) is 12.4. The first kappa shape index (κ1) is 28.1. The lowest BCUT2D eigenvalue weighted by atomic mass is 9.91. The number of carbonyl (C=O) groups is 3. The van der Waals surface area contributed by atoms with Crippen molar-refractivity contribution in [1.82, 2.24) is 10.2 Å². The predicted molar refractivity (Wildman–Crippen MR) is 152 cm³/mol. The number of anilines is 2. The van der Waals surface area contributed by atoms with E-state index in [-0.39, 0.29) is 5.69 Å². The maximum Gasteiger partial charge on any atom is 0.325 e. The minimum Gasteiger partial charge on any atom is -0.491 e. The summed E-state index contributed by atoms with van der Waals surface area (Å²) in [7, 11) is 1.58. The lowest BCUT2D eigenvalue weighted by Gasteiger charge is -2.33. The van der Waals surface area contributed by atoms with Crippen molar-refractivity contribution in [2.24, 2.45) is 0 Å². The first-order chi connectivity index (χ1) is 19.9. The van der Waals surface area contributed by atoms with Crippen molar-refractivity contribution in [3.8, 4) is 5.75 Å². The van der Waals surface area contributed by atoms with Crippen molar-refractivity contribution in [2.45, 2.75) is 31.3 Å². The molecule has 2 N–H and O–H groups in total. The molecule has 2 aliphatic heterocycles. The van der Waals surface area contributed by atoms with Crippen molar-refractivity contribution < 1.29 is 28.2 Å². The van der Waals surface area contributed by atoms with Crippen LogP contribution in [-0.4, -0.2) is 62.2 Å². The van der Waals surface area contributed by atoms with Crippen LogP contribution in [0.3, 0.4) is 0 Å². The normalized spacial score (nSPS) is 18.0. The molecule has 41 heavy (non-hydrogen) atoms. The van der Waals surface area contributed by atoms with Gasteiger partial charge in [0.05, 0.1) is 12.3 Å². The Morgan fingerprint density at radius 2 is 1.78 bits per heavy atom. The van der Waals surface area contributed by atoms with Crippen LogP contribution >= 0.6 is 0 Å². The van der Waals surface area contributed by atoms with Crippen molar-refractivity contribution in [1.29, 1.82) is 0 Å². The number of imide groups is 1. The van der Waals surface area contributed by atoms with Crippen LogP contribution in [0.1, 0.15) is 36.4 Å². The molecule has 0 bridgehead atoms. The number of halogens is 1. The van der Waals surface area contributed by atoms with E-state index in [0.717, 1.165) is 35.7 Å². The van der Waals surface area contributed by atoms with Gasteiger partial charge in [0.15, 0.2) is 0 Å². The Hall–Kier alpha value is -4.44. The molecule has 0 aromatic heterocycles. The Bertz CT molecular complexity index is 1400.